The molecule has 2 rings (SSSR count). The summed E-state index contributed by atoms with van der Waals surface area (Å²) < 4.78 is 13.8. The number of halogens is 3. The van der Waals surface area contributed by atoms with E-state index in [2.05, 4.69) is 32.6 Å². The van der Waals surface area contributed by atoms with Crippen LogP contribution < -0.4 is 0 Å². The summed E-state index contributed by atoms with van der Waals surface area (Å²) in [6.07, 6.45) is 1.68. The van der Waals surface area contributed by atoms with Crippen LogP contribution in [0.2, 0.25) is 5.15 Å². The van der Waals surface area contributed by atoms with Crippen molar-refractivity contribution in [1.82, 2.24) is 9.97 Å². The molecule has 0 amide bonds. The minimum atomic E-state index is -0.239. The fraction of sp³-hybridized carbons (Fsp3) is 0.0909. The molecule has 0 N–H and O–H groups in total. The van der Waals surface area contributed by atoms with Crippen molar-refractivity contribution in [3.63, 3.8) is 0 Å². The van der Waals surface area contributed by atoms with Gasteiger partial charge in [-0.1, -0.05) is 17.7 Å². The quantitative estimate of drug-likeness (QED) is 0.454. The summed E-state index contributed by atoms with van der Waals surface area (Å²) in [4.78, 5) is 9.15. The summed E-state index contributed by atoms with van der Waals surface area (Å²) in [6, 6.07) is 6.43. The molecule has 0 aliphatic carbocycles. The first kappa shape index (κ1) is 13.0. The van der Waals surface area contributed by atoms with Gasteiger partial charge in [-0.25, -0.2) is 14.4 Å². The molecule has 1 aromatic heterocycles. The van der Waals surface area contributed by atoms with E-state index < -0.39 is 0 Å². The van der Waals surface area contributed by atoms with Crippen LogP contribution in [0.25, 0.3) is 0 Å². The van der Waals surface area contributed by atoms with Crippen LogP contribution in [-0.2, 0) is 5.75 Å². The number of nitrogens with zero attached hydrogens (tertiary/aromatic N) is 2. The highest BCUT2D eigenvalue weighted by Crippen LogP contribution is 2.23. The molecule has 0 spiro atoms. The van der Waals surface area contributed by atoms with Gasteiger partial charge in [-0.15, -0.1) is 11.8 Å². The van der Waals surface area contributed by atoms with E-state index in [1.807, 2.05) is 6.07 Å². The lowest BCUT2D eigenvalue weighted by molar-refractivity contribution is 0.624. The average Bonchev–Trinajstić information content (AvgIpc) is 2.31. The molecule has 2 aromatic rings. The number of aromatic nitrogens is 2. The Morgan fingerprint density at radius 2 is 2.24 bits per heavy atom. The van der Waals surface area contributed by atoms with Gasteiger partial charge in [0.05, 0.1) is 9.32 Å². The van der Waals surface area contributed by atoms with Crippen molar-refractivity contribution in [2.24, 2.45) is 0 Å². The van der Waals surface area contributed by atoms with Crippen LogP contribution in [-0.4, -0.2) is 9.97 Å². The predicted molar refractivity (Wildman–Crippen MR) is 75.7 cm³/mol. The third-order valence-corrected chi connectivity index (χ3v) is 4.30. The maximum Gasteiger partial charge on any atom is 0.146 e. The Balaban J connectivity index is 2.05. The van der Waals surface area contributed by atoms with Gasteiger partial charge >= 0.3 is 0 Å². The van der Waals surface area contributed by atoms with Gasteiger partial charge in [0, 0.05) is 11.1 Å². The average molecular weight is 381 g/mol. The first-order chi connectivity index (χ1) is 8.15. The number of benzene rings is 1. The lowest BCUT2D eigenvalue weighted by atomic mass is 10.4. The van der Waals surface area contributed by atoms with Gasteiger partial charge in [-0.2, -0.15) is 0 Å². The Morgan fingerprint density at radius 1 is 1.41 bits per heavy atom. The van der Waals surface area contributed by atoms with Crippen LogP contribution in [0.1, 0.15) is 5.82 Å². The van der Waals surface area contributed by atoms with Crippen molar-refractivity contribution in [3.05, 3.63) is 50.8 Å². The Kier molecular flexibility index (Phi) is 4.58. The topological polar surface area (TPSA) is 25.8 Å². The molecule has 0 saturated carbocycles. The van der Waals surface area contributed by atoms with Crippen LogP contribution in [0.15, 0.2) is 35.4 Å². The Bertz CT molecular complexity index is 539. The molecule has 0 saturated heterocycles. The van der Waals surface area contributed by atoms with E-state index in [-0.39, 0.29) is 5.82 Å². The van der Waals surface area contributed by atoms with E-state index in [1.54, 1.807) is 12.3 Å². The van der Waals surface area contributed by atoms with Gasteiger partial charge < -0.3 is 0 Å². The normalized spacial score (nSPS) is 10.5. The van der Waals surface area contributed by atoms with Crippen LogP contribution >= 0.6 is 46.0 Å². The largest absolute Gasteiger partial charge is 0.239 e. The van der Waals surface area contributed by atoms with E-state index in [4.69, 9.17) is 11.6 Å². The molecule has 17 heavy (non-hydrogen) atoms. The minimum Gasteiger partial charge on any atom is -0.239 e. The minimum absolute atomic E-state index is 0.239. The van der Waals surface area contributed by atoms with Gasteiger partial charge in [0.2, 0.25) is 0 Å². The third kappa shape index (κ3) is 3.79. The fourth-order valence-electron chi connectivity index (χ4n) is 1.15. The Labute approximate surface area is 121 Å². The lowest BCUT2D eigenvalue weighted by Crippen LogP contribution is -1.94. The highest BCUT2D eigenvalue weighted by Gasteiger charge is 2.03. The maximum absolute atomic E-state index is 12.9. The molecule has 0 aliphatic heterocycles. The fourth-order valence-corrected chi connectivity index (χ4v) is 2.37. The van der Waals surface area contributed by atoms with Gasteiger partial charge in [-0.05, 0) is 40.8 Å². The molecule has 6 heteroatoms. The Hall–Kier alpha value is -0.400. The predicted octanol–water partition coefficient (Wildman–Crippen LogP) is 4.17. The number of hydrogen-bond donors (Lipinski definition) is 0. The molecule has 0 atom stereocenters. The third-order valence-electron chi connectivity index (χ3n) is 1.92. The molecule has 1 heterocycles. The molecule has 0 aliphatic rings. The maximum atomic E-state index is 12.9. The van der Waals surface area contributed by atoms with E-state index in [1.165, 1.54) is 23.9 Å². The summed E-state index contributed by atoms with van der Waals surface area (Å²) in [5.74, 6) is 0.973. The van der Waals surface area contributed by atoms with Crippen LogP contribution in [0.3, 0.4) is 0 Å². The van der Waals surface area contributed by atoms with Gasteiger partial charge in [0.15, 0.2) is 0 Å². The highest BCUT2D eigenvalue weighted by atomic mass is 127. The first-order valence-electron chi connectivity index (χ1n) is 4.70. The van der Waals surface area contributed by atoms with Crippen LogP contribution in [0, 0.1) is 9.39 Å². The van der Waals surface area contributed by atoms with E-state index >= 15 is 0 Å². The number of hydrogen-bond acceptors (Lipinski definition) is 3. The molecule has 0 bridgehead atoms. The van der Waals surface area contributed by atoms with E-state index in [9.17, 15) is 4.39 Å². The lowest BCUT2D eigenvalue weighted by Gasteiger charge is -2.02. The molecule has 0 radical (unpaired) electrons. The van der Waals surface area contributed by atoms with Crippen LogP contribution in [0.4, 0.5) is 4.39 Å². The molecule has 88 valence electrons. The summed E-state index contributed by atoms with van der Waals surface area (Å²) in [5, 5.41) is 0.454. The van der Waals surface area contributed by atoms with Crippen LogP contribution in [0.5, 0.6) is 0 Å². The van der Waals surface area contributed by atoms with Crippen molar-refractivity contribution < 1.29 is 4.39 Å². The van der Waals surface area contributed by atoms with Crippen molar-refractivity contribution in [1.29, 1.82) is 0 Å². The molecule has 2 nitrogen and oxygen atoms in total. The van der Waals surface area contributed by atoms with Crippen molar-refractivity contribution >= 4 is 46.0 Å². The van der Waals surface area contributed by atoms with Gasteiger partial charge in [-0.3, -0.25) is 0 Å². The van der Waals surface area contributed by atoms with Crippen molar-refractivity contribution in [2.75, 3.05) is 0 Å². The van der Waals surface area contributed by atoms with Crippen molar-refractivity contribution in [2.45, 2.75) is 10.6 Å². The molecule has 0 unspecified atom stereocenters. The summed E-state index contributed by atoms with van der Waals surface area (Å²) >= 11 is 9.44. The van der Waals surface area contributed by atoms with Gasteiger partial charge in [0.25, 0.3) is 0 Å². The summed E-state index contributed by atoms with van der Waals surface area (Å²) in [7, 11) is 0. The van der Waals surface area contributed by atoms with Gasteiger partial charge in [0.1, 0.15) is 16.8 Å². The van der Waals surface area contributed by atoms with E-state index in [0.29, 0.717) is 16.7 Å². The number of rotatable bonds is 3. The zero-order valence-corrected chi connectivity index (χ0v) is 12.3. The zero-order chi connectivity index (χ0) is 12.3. The smallest absolute Gasteiger partial charge is 0.146 e. The zero-order valence-electron chi connectivity index (χ0n) is 8.53. The SMILES string of the molecule is Fc1cccc(SCc2ncc(I)c(Cl)n2)c1. The first-order valence-corrected chi connectivity index (χ1v) is 7.14. The molecule has 0 fully saturated rings. The monoisotopic (exact) mass is 380 g/mol. The second-order valence-corrected chi connectivity index (χ2v) is 5.74. The second-order valence-electron chi connectivity index (χ2n) is 3.17. The molecule has 1 aromatic carbocycles. The standard InChI is InChI=1S/C11H7ClFIN2S/c12-11-9(14)5-15-10(16-11)6-17-8-3-1-2-7(13)4-8/h1-5H,6H2. The molecular weight excluding hydrogens is 374 g/mol. The van der Waals surface area contributed by atoms with Crippen molar-refractivity contribution in [3.8, 4) is 0 Å². The summed E-state index contributed by atoms with van der Waals surface area (Å²) in [5.41, 5.74) is 0. The molecular formula is C11H7ClFIN2S. The second kappa shape index (κ2) is 5.97. The highest BCUT2D eigenvalue weighted by molar-refractivity contribution is 14.1. The van der Waals surface area contributed by atoms with E-state index in [0.717, 1.165) is 8.47 Å². The number of thioether (sulfide) groups is 1. The summed E-state index contributed by atoms with van der Waals surface area (Å²) in [6.45, 7) is 0. The Morgan fingerprint density at radius 3 is 2.94 bits per heavy atom.